The Bertz CT molecular complexity index is 1010. The van der Waals surface area contributed by atoms with E-state index >= 15 is 0 Å². The monoisotopic (exact) mass is 310 g/mol. The lowest BCUT2D eigenvalue weighted by Gasteiger charge is -2.16. The van der Waals surface area contributed by atoms with E-state index in [-0.39, 0.29) is 0 Å². The standard InChI is InChI=1S/C23H18O/c1-3-16-11-8-14-21(23(16)24-2)22-19-12-6-4-9-17(19)15-18-10-5-7-13-20(18)22/h3-15H,1H2,2H3. The Labute approximate surface area is 141 Å². The van der Waals surface area contributed by atoms with Crippen molar-refractivity contribution in [3.05, 3.63) is 84.9 Å². The third-order valence-electron chi connectivity index (χ3n) is 4.51. The minimum Gasteiger partial charge on any atom is -0.495 e. The molecule has 116 valence electrons. The number of ether oxygens (including phenoxy) is 1. The average Bonchev–Trinajstić information content (AvgIpc) is 2.65. The van der Waals surface area contributed by atoms with Crippen LogP contribution in [0.5, 0.6) is 5.75 Å². The van der Waals surface area contributed by atoms with Gasteiger partial charge in [-0.15, -0.1) is 0 Å². The molecule has 0 N–H and O–H groups in total. The summed E-state index contributed by atoms with van der Waals surface area (Å²) in [6, 6.07) is 25.5. The summed E-state index contributed by atoms with van der Waals surface area (Å²) < 4.78 is 5.75. The Hall–Kier alpha value is -3.06. The first-order valence-electron chi connectivity index (χ1n) is 8.04. The van der Waals surface area contributed by atoms with E-state index in [4.69, 9.17) is 4.74 Å². The zero-order valence-electron chi connectivity index (χ0n) is 13.6. The van der Waals surface area contributed by atoms with Gasteiger partial charge in [-0.25, -0.2) is 0 Å². The van der Waals surface area contributed by atoms with Crippen molar-refractivity contribution in [3.63, 3.8) is 0 Å². The summed E-state index contributed by atoms with van der Waals surface area (Å²) in [5.41, 5.74) is 3.32. The van der Waals surface area contributed by atoms with Crippen LogP contribution in [0.2, 0.25) is 0 Å². The molecule has 1 nitrogen and oxygen atoms in total. The second-order valence-corrected chi connectivity index (χ2v) is 5.83. The first kappa shape index (κ1) is 14.5. The molecule has 0 spiro atoms. The van der Waals surface area contributed by atoms with Gasteiger partial charge in [0.25, 0.3) is 0 Å². The second-order valence-electron chi connectivity index (χ2n) is 5.83. The van der Waals surface area contributed by atoms with Gasteiger partial charge in [-0.3, -0.25) is 0 Å². The minimum absolute atomic E-state index is 0.869. The molecule has 0 unspecified atom stereocenters. The van der Waals surface area contributed by atoms with E-state index < -0.39 is 0 Å². The average molecular weight is 310 g/mol. The van der Waals surface area contributed by atoms with Crippen molar-refractivity contribution in [3.8, 4) is 16.9 Å². The number of hydrogen-bond acceptors (Lipinski definition) is 1. The molecule has 0 atom stereocenters. The van der Waals surface area contributed by atoms with Crippen LogP contribution in [0.15, 0.2) is 79.4 Å². The maximum Gasteiger partial charge on any atom is 0.133 e. The van der Waals surface area contributed by atoms with Gasteiger partial charge in [-0.1, -0.05) is 79.4 Å². The molecule has 0 aromatic heterocycles. The number of methoxy groups -OCH3 is 1. The number of fused-ring (bicyclic) bond motifs is 2. The van der Waals surface area contributed by atoms with E-state index in [0.29, 0.717) is 0 Å². The molecule has 0 radical (unpaired) electrons. The van der Waals surface area contributed by atoms with E-state index in [0.717, 1.165) is 16.9 Å². The number of rotatable bonds is 3. The Morgan fingerprint density at radius 3 is 2.00 bits per heavy atom. The molecule has 0 saturated heterocycles. The molecular formula is C23H18O. The summed E-state index contributed by atoms with van der Waals surface area (Å²) in [5.74, 6) is 0.869. The Morgan fingerprint density at radius 1 is 0.792 bits per heavy atom. The van der Waals surface area contributed by atoms with Gasteiger partial charge in [0.05, 0.1) is 7.11 Å². The third kappa shape index (κ3) is 2.17. The topological polar surface area (TPSA) is 9.23 Å². The predicted octanol–water partition coefficient (Wildman–Crippen LogP) is 6.31. The highest BCUT2D eigenvalue weighted by atomic mass is 16.5. The van der Waals surface area contributed by atoms with E-state index in [1.165, 1.54) is 27.1 Å². The highest BCUT2D eigenvalue weighted by molar-refractivity contribution is 6.13. The van der Waals surface area contributed by atoms with Gasteiger partial charge in [0.2, 0.25) is 0 Å². The summed E-state index contributed by atoms with van der Waals surface area (Å²) >= 11 is 0. The van der Waals surface area contributed by atoms with Crippen molar-refractivity contribution in [2.45, 2.75) is 0 Å². The lowest BCUT2D eigenvalue weighted by atomic mass is 9.90. The molecule has 0 aliphatic heterocycles. The Morgan fingerprint density at radius 2 is 1.42 bits per heavy atom. The van der Waals surface area contributed by atoms with Crippen molar-refractivity contribution < 1.29 is 4.74 Å². The third-order valence-corrected chi connectivity index (χ3v) is 4.51. The van der Waals surface area contributed by atoms with E-state index in [1.54, 1.807) is 7.11 Å². The SMILES string of the molecule is C=Cc1cccc(-c2c3ccccc3cc3ccccc23)c1OC. The molecule has 1 heteroatoms. The summed E-state index contributed by atoms with van der Waals surface area (Å²) in [6.45, 7) is 3.92. The lowest BCUT2D eigenvalue weighted by Crippen LogP contribution is -1.93. The number of benzene rings is 4. The molecular weight excluding hydrogens is 292 g/mol. The van der Waals surface area contributed by atoms with Crippen molar-refractivity contribution in [2.24, 2.45) is 0 Å². The fourth-order valence-corrected chi connectivity index (χ4v) is 3.44. The maximum atomic E-state index is 5.75. The molecule has 0 amide bonds. The van der Waals surface area contributed by atoms with Crippen LogP contribution < -0.4 is 4.74 Å². The largest absolute Gasteiger partial charge is 0.495 e. The van der Waals surface area contributed by atoms with Gasteiger partial charge >= 0.3 is 0 Å². The quantitative estimate of drug-likeness (QED) is 0.403. The van der Waals surface area contributed by atoms with Gasteiger partial charge in [-0.2, -0.15) is 0 Å². The minimum atomic E-state index is 0.869. The smallest absolute Gasteiger partial charge is 0.133 e. The van der Waals surface area contributed by atoms with E-state index in [9.17, 15) is 0 Å². The first-order valence-corrected chi connectivity index (χ1v) is 8.04. The number of hydrogen-bond donors (Lipinski definition) is 0. The molecule has 0 saturated carbocycles. The van der Waals surface area contributed by atoms with Crippen molar-refractivity contribution >= 4 is 27.6 Å². The molecule has 4 aromatic rings. The molecule has 4 aromatic carbocycles. The van der Waals surface area contributed by atoms with Gasteiger partial charge in [-0.05, 0) is 27.6 Å². The van der Waals surface area contributed by atoms with Crippen LogP contribution in [0.4, 0.5) is 0 Å². The fourth-order valence-electron chi connectivity index (χ4n) is 3.44. The van der Waals surface area contributed by atoms with Crippen molar-refractivity contribution in [2.75, 3.05) is 7.11 Å². The maximum absolute atomic E-state index is 5.75. The van der Waals surface area contributed by atoms with E-state index in [1.807, 2.05) is 12.1 Å². The normalized spacial score (nSPS) is 10.9. The summed E-state index contributed by atoms with van der Waals surface area (Å²) in [7, 11) is 1.72. The van der Waals surface area contributed by atoms with Crippen LogP contribution in [0, 0.1) is 0 Å². The van der Waals surface area contributed by atoms with Crippen molar-refractivity contribution in [1.82, 2.24) is 0 Å². The van der Waals surface area contributed by atoms with Crippen LogP contribution in [-0.2, 0) is 0 Å². The van der Waals surface area contributed by atoms with Crippen LogP contribution in [-0.4, -0.2) is 7.11 Å². The van der Waals surface area contributed by atoms with Crippen LogP contribution in [0.3, 0.4) is 0 Å². The van der Waals surface area contributed by atoms with Crippen LogP contribution >= 0.6 is 0 Å². The summed E-state index contributed by atoms with van der Waals surface area (Å²) in [6.07, 6.45) is 1.84. The highest BCUT2D eigenvalue weighted by Gasteiger charge is 2.15. The molecule has 0 heterocycles. The van der Waals surface area contributed by atoms with E-state index in [2.05, 4.69) is 73.3 Å². The first-order chi connectivity index (χ1) is 11.8. The lowest BCUT2D eigenvalue weighted by molar-refractivity contribution is 0.415. The zero-order valence-corrected chi connectivity index (χ0v) is 13.6. The molecule has 4 rings (SSSR count). The fraction of sp³-hybridized carbons (Fsp3) is 0.0435. The second kappa shape index (κ2) is 5.86. The van der Waals surface area contributed by atoms with Crippen molar-refractivity contribution in [1.29, 1.82) is 0 Å². The Kier molecular flexibility index (Phi) is 3.55. The van der Waals surface area contributed by atoms with Gasteiger partial charge in [0, 0.05) is 16.7 Å². The molecule has 0 fully saturated rings. The molecule has 0 bridgehead atoms. The molecule has 0 aliphatic carbocycles. The number of para-hydroxylation sites is 1. The zero-order chi connectivity index (χ0) is 16.5. The highest BCUT2D eigenvalue weighted by Crippen LogP contribution is 2.42. The Balaban J connectivity index is 2.21. The molecule has 0 aliphatic rings. The summed E-state index contributed by atoms with van der Waals surface area (Å²) in [5, 5.41) is 4.93. The van der Waals surface area contributed by atoms with Crippen LogP contribution in [0.1, 0.15) is 5.56 Å². The molecule has 24 heavy (non-hydrogen) atoms. The predicted molar refractivity (Wildman–Crippen MR) is 104 cm³/mol. The van der Waals surface area contributed by atoms with Gasteiger partial charge < -0.3 is 4.74 Å². The van der Waals surface area contributed by atoms with Crippen LogP contribution in [0.25, 0.3) is 38.7 Å². The van der Waals surface area contributed by atoms with Gasteiger partial charge in [0.15, 0.2) is 0 Å². The van der Waals surface area contributed by atoms with Gasteiger partial charge in [0.1, 0.15) is 5.75 Å². The summed E-state index contributed by atoms with van der Waals surface area (Å²) in [4.78, 5) is 0.